The Labute approximate surface area is 172 Å². The maximum atomic E-state index is 5.87. The molecular weight excluding hydrogens is 443 g/mol. The topological polar surface area (TPSA) is 67.8 Å². The highest BCUT2D eigenvalue weighted by Crippen LogP contribution is 2.17. The Morgan fingerprint density at radius 2 is 1.92 bits per heavy atom. The van der Waals surface area contributed by atoms with Gasteiger partial charge in [0.25, 0.3) is 0 Å². The van der Waals surface area contributed by atoms with E-state index in [1.807, 2.05) is 49.4 Å². The van der Waals surface area contributed by atoms with Crippen molar-refractivity contribution in [3.8, 4) is 5.88 Å². The minimum Gasteiger partial charge on any atom is -0.473 e. The first kappa shape index (κ1) is 22.2. The highest BCUT2D eigenvalue weighted by molar-refractivity contribution is 14.0. The zero-order chi connectivity index (χ0) is 17.7. The summed E-state index contributed by atoms with van der Waals surface area (Å²) in [5, 5.41) is 6.43. The van der Waals surface area contributed by atoms with E-state index < -0.39 is 0 Å². The Hall–Kier alpha value is -1.87. The van der Waals surface area contributed by atoms with Crippen LogP contribution in [-0.4, -0.2) is 37.7 Å². The van der Waals surface area contributed by atoms with Crippen LogP contribution in [0, 0.1) is 0 Å². The smallest absolute Gasteiger partial charge is 0.218 e. The van der Waals surface area contributed by atoms with Gasteiger partial charge in [-0.1, -0.05) is 36.4 Å². The van der Waals surface area contributed by atoms with Crippen LogP contribution in [0.1, 0.15) is 18.1 Å². The van der Waals surface area contributed by atoms with E-state index >= 15 is 0 Å². The van der Waals surface area contributed by atoms with Crippen LogP contribution in [-0.2, 0) is 17.9 Å². The second-order valence-corrected chi connectivity index (χ2v) is 5.36. The van der Waals surface area contributed by atoms with E-state index in [0.717, 1.165) is 23.6 Å². The summed E-state index contributed by atoms with van der Waals surface area (Å²) in [5.41, 5.74) is 2.06. The van der Waals surface area contributed by atoms with E-state index in [1.54, 1.807) is 13.3 Å². The fourth-order valence-corrected chi connectivity index (χ4v) is 2.18. The second kappa shape index (κ2) is 13.3. The van der Waals surface area contributed by atoms with Crippen molar-refractivity contribution in [2.75, 3.05) is 26.8 Å². The summed E-state index contributed by atoms with van der Waals surface area (Å²) in [6.45, 7) is 5.13. The third-order valence-corrected chi connectivity index (χ3v) is 3.42. The molecule has 0 saturated carbocycles. The van der Waals surface area contributed by atoms with Crippen LogP contribution in [0.15, 0.2) is 53.7 Å². The van der Waals surface area contributed by atoms with Gasteiger partial charge in [-0.2, -0.15) is 0 Å². The zero-order valence-corrected chi connectivity index (χ0v) is 17.6. The SMILES string of the molecule is CCNC(=NCc1cccnc1OCc1ccccc1)NCCOC.I. The maximum Gasteiger partial charge on any atom is 0.218 e. The van der Waals surface area contributed by atoms with Gasteiger partial charge in [0.05, 0.1) is 13.2 Å². The first-order valence-corrected chi connectivity index (χ1v) is 8.45. The number of benzene rings is 1. The molecule has 0 saturated heterocycles. The predicted octanol–water partition coefficient (Wildman–Crippen LogP) is 2.98. The van der Waals surface area contributed by atoms with Gasteiger partial charge in [0.1, 0.15) is 6.61 Å². The fourth-order valence-electron chi connectivity index (χ4n) is 2.18. The van der Waals surface area contributed by atoms with Crippen molar-refractivity contribution in [3.63, 3.8) is 0 Å². The number of methoxy groups -OCH3 is 1. The van der Waals surface area contributed by atoms with Crippen LogP contribution in [0.5, 0.6) is 5.88 Å². The second-order valence-electron chi connectivity index (χ2n) is 5.36. The molecule has 0 aliphatic heterocycles. The molecule has 0 atom stereocenters. The Kier molecular flexibility index (Phi) is 11.4. The van der Waals surface area contributed by atoms with Gasteiger partial charge in [0.15, 0.2) is 5.96 Å². The molecule has 7 heteroatoms. The molecule has 0 spiro atoms. The maximum absolute atomic E-state index is 5.87. The third kappa shape index (κ3) is 8.01. The lowest BCUT2D eigenvalue weighted by molar-refractivity contribution is 0.203. The van der Waals surface area contributed by atoms with Crippen molar-refractivity contribution in [1.29, 1.82) is 0 Å². The third-order valence-electron chi connectivity index (χ3n) is 3.42. The van der Waals surface area contributed by atoms with Crippen LogP contribution in [0.2, 0.25) is 0 Å². The molecular formula is C19H27IN4O2. The van der Waals surface area contributed by atoms with Gasteiger partial charge in [-0.25, -0.2) is 9.98 Å². The summed E-state index contributed by atoms with van der Waals surface area (Å²) in [6.07, 6.45) is 1.73. The molecule has 2 rings (SSSR count). The number of nitrogens with one attached hydrogen (secondary N) is 2. The van der Waals surface area contributed by atoms with E-state index in [-0.39, 0.29) is 24.0 Å². The van der Waals surface area contributed by atoms with E-state index in [1.165, 1.54) is 0 Å². The predicted molar refractivity (Wildman–Crippen MR) is 115 cm³/mol. The van der Waals surface area contributed by atoms with Crippen LogP contribution < -0.4 is 15.4 Å². The summed E-state index contributed by atoms with van der Waals surface area (Å²) in [5.74, 6) is 1.36. The molecule has 1 heterocycles. The van der Waals surface area contributed by atoms with Crippen molar-refractivity contribution in [1.82, 2.24) is 15.6 Å². The van der Waals surface area contributed by atoms with E-state index in [9.17, 15) is 0 Å². The summed E-state index contributed by atoms with van der Waals surface area (Å²) < 4.78 is 10.9. The fraction of sp³-hybridized carbons (Fsp3) is 0.368. The number of rotatable bonds is 9. The van der Waals surface area contributed by atoms with Crippen molar-refractivity contribution in [2.24, 2.45) is 4.99 Å². The van der Waals surface area contributed by atoms with Gasteiger partial charge in [-0.05, 0) is 18.6 Å². The van der Waals surface area contributed by atoms with Gasteiger partial charge >= 0.3 is 0 Å². The molecule has 0 fully saturated rings. The lowest BCUT2D eigenvalue weighted by Gasteiger charge is -2.12. The number of ether oxygens (including phenoxy) is 2. The number of guanidine groups is 1. The van der Waals surface area contributed by atoms with Crippen molar-refractivity contribution in [2.45, 2.75) is 20.1 Å². The minimum atomic E-state index is 0. The van der Waals surface area contributed by atoms with Crippen molar-refractivity contribution in [3.05, 3.63) is 59.8 Å². The number of aliphatic imine (C=N–C) groups is 1. The van der Waals surface area contributed by atoms with Gasteiger partial charge in [-0.3, -0.25) is 0 Å². The number of hydrogen-bond donors (Lipinski definition) is 2. The summed E-state index contributed by atoms with van der Waals surface area (Å²) >= 11 is 0. The van der Waals surface area contributed by atoms with E-state index in [0.29, 0.717) is 32.2 Å². The first-order chi connectivity index (χ1) is 12.3. The number of halogens is 1. The molecule has 6 nitrogen and oxygen atoms in total. The van der Waals surface area contributed by atoms with Gasteiger partial charge in [0, 0.05) is 32.0 Å². The molecule has 0 unspecified atom stereocenters. The summed E-state index contributed by atoms with van der Waals surface area (Å²) in [7, 11) is 1.68. The monoisotopic (exact) mass is 470 g/mol. The molecule has 0 bridgehead atoms. The first-order valence-electron chi connectivity index (χ1n) is 8.45. The highest BCUT2D eigenvalue weighted by atomic mass is 127. The van der Waals surface area contributed by atoms with Gasteiger partial charge in [-0.15, -0.1) is 24.0 Å². The Morgan fingerprint density at radius 3 is 2.65 bits per heavy atom. The number of pyridine rings is 1. The molecule has 2 N–H and O–H groups in total. The highest BCUT2D eigenvalue weighted by Gasteiger charge is 2.05. The van der Waals surface area contributed by atoms with Crippen LogP contribution >= 0.6 is 24.0 Å². The zero-order valence-electron chi connectivity index (χ0n) is 15.3. The molecule has 1 aromatic heterocycles. The molecule has 1 aromatic carbocycles. The summed E-state index contributed by atoms with van der Waals surface area (Å²) in [6, 6.07) is 13.9. The molecule has 0 radical (unpaired) electrons. The lowest BCUT2D eigenvalue weighted by Crippen LogP contribution is -2.38. The van der Waals surface area contributed by atoms with Crippen molar-refractivity contribution < 1.29 is 9.47 Å². The Balaban J connectivity index is 0.00000338. The van der Waals surface area contributed by atoms with Crippen LogP contribution in [0.4, 0.5) is 0 Å². The number of aromatic nitrogens is 1. The number of hydrogen-bond acceptors (Lipinski definition) is 4. The standard InChI is InChI=1S/C19H26N4O2.HI/c1-3-20-19(22-12-13-24-2)23-14-17-10-7-11-21-18(17)25-15-16-8-5-4-6-9-16;/h4-11H,3,12-15H2,1-2H3,(H2,20,22,23);1H. The molecule has 26 heavy (non-hydrogen) atoms. The molecule has 142 valence electrons. The summed E-state index contributed by atoms with van der Waals surface area (Å²) in [4.78, 5) is 8.93. The molecule has 0 aliphatic carbocycles. The Bertz CT molecular complexity index is 653. The minimum absolute atomic E-state index is 0. The van der Waals surface area contributed by atoms with Crippen LogP contribution in [0.25, 0.3) is 0 Å². The number of nitrogens with zero attached hydrogens (tertiary/aromatic N) is 2. The largest absolute Gasteiger partial charge is 0.473 e. The molecule has 0 amide bonds. The van der Waals surface area contributed by atoms with Gasteiger partial charge in [0.2, 0.25) is 5.88 Å². The average molecular weight is 470 g/mol. The van der Waals surface area contributed by atoms with Crippen LogP contribution in [0.3, 0.4) is 0 Å². The average Bonchev–Trinajstić information content (AvgIpc) is 2.66. The molecule has 0 aliphatic rings. The van der Waals surface area contributed by atoms with E-state index in [4.69, 9.17) is 9.47 Å². The quantitative estimate of drug-likeness (QED) is 0.255. The molecule has 2 aromatic rings. The Morgan fingerprint density at radius 1 is 1.12 bits per heavy atom. The van der Waals surface area contributed by atoms with E-state index in [2.05, 4.69) is 20.6 Å². The lowest BCUT2D eigenvalue weighted by atomic mass is 10.2. The van der Waals surface area contributed by atoms with Gasteiger partial charge < -0.3 is 20.1 Å². The normalized spacial score (nSPS) is 10.8. The van der Waals surface area contributed by atoms with Crippen molar-refractivity contribution >= 4 is 29.9 Å².